The topological polar surface area (TPSA) is 133 Å². The summed E-state index contributed by atoms with van der Waals surface area (Å²) in [6.45, 7) is 5.89. The molecule has 15 heteroatoms. The second-order valence-electron chi connectivity index (χ2n) is 12.4. The van der Waals surface area contributed by atoms with Gasteiger partial charge in [0, 0.05) is 41.2 Å². The Morgan fingerprint density at radius 1 is 1.26 bits per heavy atom. The number of benzene rings is 2. The Labute approximate surface area is 274 Å². The Hall–Kier alpha value is -3.48. The molecular weight excluding hydrogens is 660 g/mol. The van der Waals surface area contributed by atoms with Gasteiger partial charge in [0.05, 0.1) is 39.4 Å². The predicted molar refractivity (Wildman–Crippen MR) is 171 cm³/mol. The number of amides is 1. The monoisotopic (exact) mass is 687 g/mol. The molecule has 0 radical (unpaired) electrons. The van der Waals surface area contributed by atoms with Crippen LogP contribution in [0.1, 0.15) is 45.6 Å². The van der Waals surface area contributed by atoms with Crippen molar-refractivity contribution in [2.75, 3.05) is 29.7 Å². The van der Waals surface area contributed by atoms with Gasteiger partial charge in [-0.25, -0.2) is 13.6 Å². The van der Waals surface area contributed by atoms with Crippen molar-refractivity contribution in [1.29, 1.82) is 5.26 Å². The first kappa shape index (κ1) is 31.1. The summed E-state index contributed by atoms with van der Waals surface area (Å²) in [5.41, 5.74) is -1.16. The fourth-order valence-corrected chi connectivity index (χ4v) is 8.45. The summed E-state index contributed by atoms with van der Waals surface area (Å²) < 4.78 is 62.7. The van der Waals surface area contributed by atoms with Gasteiger partial charge in [0.25, 0.3) is 0 Å². The zero-order valence-corrected chi connectivity index (χ0v) is 27.6. The second-order valence-corrected chi connectivity index (χ2v) is 15.1. The molecule has 3 aliphatic heterocycles. The van der Waals surface area contributed by atoms with Crippen molar-refractivity contribution in [1.82, 2.24) is 9.97 Å². The van der Waals surface area contributed by atoms with Gasteiger partial charge in [0.15, 0.2) is 11.6 Å². The quantitative estimate of drug-likeness (QED) is 0.180. The van der Waals surface area contributed by atoms with Gasteiger partial charge >= 0.3 is 11.2 Å². The molecule has 5 heterocycles. The van der Waals surface area contributed by atoms with Crippen LogP contribution in [0.15, 0.2) is 17.3 Å². The van der Waals surface area contributed by atoms with Gasteiger partial charge in [0.1, 0.15) is 40.1 Å². The summed E-state index contributed by atoms with van der Waals surface area (Å²) >= 11 is 6.17. The minimum Gasteiger partial charge on any atom is -0.609 e. The lowest BCUT2D eigenvalue weighted by Gasteiger charge is -2.33. The largest absolute Gasteiger partial charge is 0.609 e. The number of nitriles is 1. The molecule has 1 amide bonds. The Morgan fingerprint density at radius 3 is 2.76 bits per heavy atom. The average molecular weight is 688 g/mol. The number of rotatable bonds is 3. The maximum atomic E-state index is 17.1. The molecule has 10 nitrogen and oxygen atoms in total. The van der Waals surface area contributed by atoms with E-state index in [-0.39, 0.29) is 83.4 Å². The smallest absolute Gasteiger partial charge is 0.412 e. The van der Waals surface area contributed by atoms with E-state index in [1.165, 1.54) is 12.3 Å². The zero-order chi connectivity index (χ0) is 32.7. The Bertz CT molecular complexity index is 1980. The summed E-state index contributed by atoms with van der Waals surface area (Å²) in [5.74, 6) is -1.04. The summed E-state index contributed by atoms with van der Waals surface area (Å²) in [7, 11) is 0. The maximum Gasteiger partial charge on any atom is 0.412 e. The normalized spacial score (nSPS) is 21.3. The van der Waals surface area contributed by atoms with Crippen LogP contribution in [0.5, 0.6) is 5.75 Å². The van der Waals surface area contributed by atoms with Crippen molar-refractivity contribution in [2.45, 2.75) is 69.0 Å². The number of ether oxygens (including phenoxy) is 3. The number of hydrogen-bond donors (Lipinski definition) is 1. The van der Waals surface area contributed by atoms with Crippen LogP contribution in [0.4, 0.5) is 24.4 Å². The van der Waals surface area contributed by atoms with Crippen molar-refractivity contribution in [3.8, 4) is 22.9 Å². The Morgan fingerprint density at radius 2 is 2.04 bits per heavy atom. The number of halogens is 3. The van der Waals surface area contributed by atoms with E-state index >= 15 is 8.78 Å². The van der Waals surface area contributed by atoms with E-state index in [2.05, 4.69) is 20.2 Å². The lowest BCUT2D eigenvalue weighted by Crippen LogP contribution is -2.39. The fourth-order valence-electron chi connectivity index (χ4n) is 6.61. The number of nitrogens with zero attached hydrogens (tertiary/aromatic N) is 4. The first-order valence-corrected chi connectivity index (χ1v) is 17.4. The minimum atomic E-state index is -1.67. The number of carbonyl (C=O) groups is 1. The summed E-state index contributed by atoms with van der Waals surface area (Å²) in [6, 6.07) is 4.49. The fraction of sp³-hybridized carbons (Fsp3) is 0.419. The number of carbonyl (C=O) groups excluding carboxylic acids is 1. The second kappa shape index (κ2) is 11.3. The molecule has 240 valence electrons. The van der Waals surface area contributed by atoms with Gasteiger partial charge in [-0.1, -0.05) is 17.7 Å². The molecule has 3 aliphatic rings. The van der Waals surface area contributed by atoms with Crippen LogP contribution < -0.4 is 15.0 Å². The van der Waals surface area contributed by atoms with E-state index in [4.69, 9.17) is 25.8 Å². The first-order valence-electron chi connectivity index (χ1n) is 14.6. The lowest BCUT2D eigenvalue weighted by molar-refractivity contribution is 0.0636. The van der Waals surface area contributed by atoms with Crippen LogP contribution in [0, 0.1) is 23.0 Å². The average Bonchev–Trinajstić information content (AvgIpc) is 3.66. The van der Waals surface area contributed by atoms with E-state index in [1.807, 2.05) is 6.07 Å². The molecule has 2 saturated heterocycles. The van der Waals surface area contributed by atoms with Crippen molar-refractivity contribution < 1.29 is 32.3 Å². The third-order valence-electron chi connectivity index (χ3n) is 8.36. The van der Waals surface area contributed by atoms with E-state index in [0.29, 0.717) is 18.8 Å². The highest BCUT2D eigenvalue weighted by Crippen LogP contribution is 2.52. The van der Waals surface area contributed by atoms with Gasteiger partial charge in [-0.05, 0) is 45.2 Å². The van der Waals surface area contributed by atoms with Crippen LogP contribution in [-0.4, -0.2) is 63.9 Å². The first-order chi connectivity index (χ1) is 21.9. The molecule has 0 spiro atoms. The van der Waals surface area contributed by atoms with Gasteiger partial charge < -0.3 is 23.7 Å². The van der Waals surface area contributed by atoms with Crippen molar-refractivity contribution in [3.05, 3.63) is 34.4 Å². The highest BCUT2D eigenvalue weighted by atomic mass is 35.5. The molecule has 2 fully saturated rings. The van der Waals surface area contributed by atoms with Gasteiger partial charge in [-0.2, -0.15) is 15.2 Å². The number of hydrogen-bond acceptors (Lipinski definition) is 10. The lowest BCUT2D eigenvalue weighted by atomic mass is 9.96. The minimum absolute atomic E-state index is 0.00202. The summed E-state index contributed by atoms with van der Waals surface area (Å²) in [5, 5.41) is 12.9. The van der Waals surface area contributed by atoms with E-state index in [1.54, 1.807) is 20.8 Å². The molecule has 0 bridgehead atoms. The molecule has 1 unspecified atom stereocenters. The van der Waals surface area contributed by atoms with E-state index in [0.717, 1.165) is 30.2 Å². The SMILES string of the molecule is C[S+]([O-])c1nc2c3c(c(Cl)c(-c4ccc(F)c5sc(NC(=O)OC(C)(C)C)c(C#N)c45)c(F)c3n1)OCC[C@@H]1C[C@@H]3OCC[C@@H]3N21. The number of aromatic nitrogens is 2. The van der Waals surface area contributed by atoms with E-state index in [9.17, 15) is 14.6 Å². The Balaban J connectivity index is 1.49. The van der Waals surface area contributed by atoms with Crippen molar-refractivity contribution in [2.24, 2.45) is 0 Å². The molecule has 0 aliphatic carbocycles. The number of fused-ring (bicyclic) bond motifs is 5. The van der Waals surface area contributed by atoms with Gasteiger partial charge in [-0.15, -0.1) is 11.3 Å². The van der Waals surface area contributed by atoms with Crippen LogP contribution in [0.3, 0.4) is 0 Å². The molecule has 2 aromatic carbocycles. The maximum absolute atomic E-state index is 17.1. The molecule has 2 aromatic heterocycles. The van der Waals surface area contributed by atoms with Crippen molar-refractivity contribution >= 4 is 72.0 Å². The molecule has 4 atom stereocenters. The van der Waals surface area contributed by atoms with Gasteiger partial charge in [0.2, 0.25) is 0 Å². The standard InChI is InChI=1S/C31H28ClF2N5O5S2/c1-31(2,3)44-30(40)38-28-15(12-35)19-14(5-6-16(33)26(19)45-28)20-22(32)25-21-24(23(20)34)36-29(46(4)41)37-27(21)39-13(7-9-43-25)11-18-17(39)8-10-42-18/h5-6,13,17-18H,7-11H2,1-4H3,(H,38,40)/t13-,17+,18+,46?/m1/s1. The molecular formula is C31H28ClF2N5O5S2. The summed E-state index contributed by atoms with van der Waals surface area (Å²) in [6.07, 6.45) is 2.67. The third-order valence-corrected chi connectivity index (χ3v) is 10.5. The third kappa shape index (κ3) is 5.00. The van der Waals surface area contributed by atoms with Gasteiger partial charge in [-0.3, -0.25) is 5.32 Å². The van der Waals surface area contributed by atoms with Crippen LogP contribution in [-0.2, 0) is 20.6 Å². The molecule has 0 saturated carbocycles. The summed E-state index contributed by atoms with van der Waals surface area (Å²) in [4.78, 5) is 23.8. The highest BCUT2D eigenvalue weighted by Gasteiger charge is 2.47. The Kier molecular flexibility index (Phi) is 7.68. The van der Waals surface area contributed by atoms with Crippen molar-refractivity contribution in [3.63, 3.8) is 0 Å². The molecule has 4 aromatic rings. The molecule has 7 rings (SSSR count). The van der Waals surface area contributed by atoms with Crippen LogP contribution in [0.2, 0.25) is 5.02 Å². The van der Waals surface area contributed by atoms with Crippen LogP contribution >= 0.6 is 22.9 Å². The number of thiophene rings is 1. The molecule has 46 heavy (non-hydrogen) atoms. The highest BCUT2D eigenvalue weighted by molar-refractivity contribution is 7.90. The number of nitrogens with one attached hydrogen (secondary N) is 1. The zero-order valence-electron chi connectivity index (χ0n) is 25.2. The van der Waals surface area contributed by atoms with Crippen LogP contribution in [0.25, 0.3) is 32.1 Å². The predicted octanol–water partition coefficient (Wildman–Crippen LogP) is 6.92. The van der Waals surface area contributed by atoms with E-state index < -0.39 is 34.5 Å². The molecule has 1 N–H and O–H groups in total. The number of anilines is 2.